The number of halogens is 1. The first-order valence-electron chi connectivity index (χ1n) is 4.89. The lowest BCUT2D eigenvalue weighted by molar-refractivity contribution is 0.0861. The second kappa shape index (κ2) is 5.09. The van der Waals surface area contributed by atoms with Gasteiger partial charge in [0.25, 0.3) is 5.91 Å². The first kappa shape index (κ1) is 11.1. The van der Waals surface area contributed by atoms with Crippen molar-refractivity contribution in [2.45, 2.75) is 18.9 Å². The summed E-state index contributed by atoms with van der Waals surface area (Å²) in [5.74, 6) is -0.0128. The molecule has 0 aliphatic carbocycles. The van der Waals surface area contributed by atoms with Crippen LogP contribution in [0.1, 0.15) is 22.5 Å². The van der Waals surface area contributed by atoms with Crippen LogP contribution in [0.2, 0.25) is 0 Å². The number of hydrogen-bond donors (Lipinski definition) is 1. The van der Waals surface area contributed by atoms with Crippen LogP contribution in [-0.4, -0.2) is 25.2 Å². The van der Waals surface area contributed by atoms with Crippen LogP contribution in [0.3, 0.4) is 0 Å². The summed E-state index contributed by atoms with van der Waals surface area (Å²) >= 11 is 4.76. The van der Waals surface area contributed by atoms with E-state index in [0.29, 0.717) is 6.54 Å². The molecule has 1 fully saturated rings. The van der Waals surface area contributed by atoms with Gasteiger partial charge in [-0.05, 0) is 34.8 Å². The third-order valence-electron chi connectivity index (χ3n) is 2.31. The Hall–Kier alpha value is -0.390. The van der Waals surface area contributed by atoms with Crippen molar-refractivity contribution < 1.29 is 9.53 Å². The van der Waals surface area contributed by atoms with Gasteiger partial charge >= 0.3 is 0 Å². The fourth-order valence-electron chi connectivity index (χ4n) is 1.53. The van der Waals surface area contributed by atoms with Crippen LogP contribution in [0.5, 0.6) is 0 Å². The first-order valence-corrected chi connectivity index (χ1v) is 6.57. The Labute approximate surface area is 101 Å². The van der Waals surface area contributed by atoms with E-state index in [2.05, 4.69) is 21.2 Å². The minimum atomic E-state index is -0.0128. The van der Waals surface area contributed by atoms with Crippen molar-refractivity contribution in [2.24, 2.45) is 0 Å². The topological polar surface area (TPSA) is 38.3 Å². The van der Waals surface area contributed by atoms with Crippen molar-refractivity contribution in [1.29, 1.82) is 0 Å². The van der Waals surface area contributed by atoms with Crippen LogP contribution in [0.25, 0.3) is 0 Å². The van der Waals surface area contributed by atoms with Crippen molar-refractivity contribution in [3.63, 3.8) is 0 Å². The van der Waals surface area contributed by atoms with Gasteiger partial charge in [-0.1, -0.05) is 0 Å². The lowest BCUT2D eigenvalue weighted by atomic mass is 10.2. The highest BCUT2D eigenvalue weighted by Gasteiger charge is 2.17. The molecule has 2 rings (SSSR count). The van der Waals surface area contributed by atoms with E-state index >= 15 is 0 Å². The molecule has 1 atom stereocenters. The van der Waals surface area contributed by atoms with Crippen molar-refractivity contribution >= 4 is 33.2 Å². The summed E-state index contributed by atoms with van der Waals surface area (Å²) in [6.45, 7) is 1.44. The van der Waals surface area contributed by atoms with Gasteiger partial charge in [0.15, 0.2) is 0 Å². The Balaban J connectivity index is 1.81. The van der Waals surface area contributed by atoms with Gasteiger partial charge < -0.3 is 10.1 Å². The molecule has 1 N–H and O–H groups in total. The second-order valence-electron chi connectivity index (χ2n) is 3.47. The number of carbonyl (C=O) groups excluding carboxylic acids is 1. The molecule has 1 unspecified atom stereocenters. The molecule has 1 aromatic heterocycles. The predicted octanol–water partition coefficient (Wildman–Crippen LogP) is 2.42. The number of rotatable bonds is 3. The number of amides is 1. The monoisotopic (exact) mass is 289 g/mol. The molecule has 5 heteroatoms. The maximum atomic E-state index is 11.6. The minimum Gasteiger partial charge on any atom is -0.376 e. The van der Waals surface area contributed by atoms with Gasteiger partial charge in [-0.3, -0.25) is 4.79 Å². The number of nitrogens with one attached hydrogen (secondary N) is 1. The highest BCUT2D eigenvalue weighted by molar-refractivity contribution is 9.10. The predicted molar refractivity (Wildman–Crippen MR) is 63.3 cm³/mol. The first-order chi connectivity index (χ1) is 7.25. The number of ether oxygens (including phenoxy) is 1. The summed E-state index contributed by atoms with van der Waals surface area (Å²) in [7, 11) is 0. The quantitative estimate of drug-likeness (QED) is 0.928. The van der Waals surface area contributed by atoms with E-state index in [1.807, 2.05) is 11.4 Å². The number of carbonyl (C=O) groups is 1. The molecule has 1 aliphatic rings. The van der Waals surface area contributed by atoms with Crippen LogP contribution < -0.4 is 5.32 Å². The average Bonchev–Trinajstić information content (AvgIpc) is 2.84. The second-order valence-corrected chi connectivity index (χ2v) is 5.30. The van der Waals surface area contributed by atoms with E-state index in [0.717, 1.165) is 28.8 Å². The lowest BCUT2D eigenvalue weighted by Crippen LogP contribution is -2.31. The number of thiophene rings is 1. The zero-order valence-electron chi connectivity index (χ0n) is 8.16. The van der Waals surface area contributed by atoms with Crippen LogP contribution in [0.4, 0.5) is 0 Å². The molecule has 1 aliphatic heterocycles. The molecule has 1 saturated heterocycles. The zero-order chi connectivity index (χ0) is 10.7. The third-order valence-corrected chi connectivity index (χ3v) is 4.00. The molecular weight excluding hydrogens is 278 g/mol. The molecular formula is C10H12BrNO2S. The van der Waals surface area contributed by atoms with Gasteiger partial charge in [-0.25, -0.2) is 0 Å². The number of hydrogen-bond acceptors (Lipinski definition) is 3. The van der Waals surface area contributed by atoms with E-state index < -0.39 is 0 Å². The van der Waals surface area contributed by atoms with Crippen LogP contribution in [0.15, 0.2) is 15.9 Å². The molecule has 3 nitrogen and oxygen atoms in total. The van der Waals surface area contributed by atoms with Crippen molar-refractivity contribution in [1.82, 2.24) is 5.32 Å². The summed E-state index contributed by atoms with van der Waals surface area (Å²) in [4.78, 5) is 12.4. The van der Waals surface area contributed by atoms with Crippen LogP contribution >= 0.6 is 27.3 Å². The Morgan fingerprint density at radius 3 is 3.20 bits per heavy atom. The van der Waals surface area contributed by atoms with Crippen molar-refractivity contribution in [2.75, 3.05) is 13.2 Å². The standard InChI is InChI=1S/C10H12BrNO2S/c11-7-4-9(15-6-7)10(13)12-5-8-2-1-3-14-8/h4,6,8H,1-3,5H2,(H,12,13). The van der Waals surface area contributed by atoms with E-state index in [1.165, 1.54) is 11.3 Å². The molecule has 0 bridgehead atoms. The highest BCUT2D eigenvalue weighted by atomic mass is 79.9. The Bertz CT molecular complexity index is 347. The zero-order valence-corrected chi connectivity index (χ0v) is 10.6. The van der Waals surface area contributed by atoms with E-state index in [-0.39, 0.29) is 12.0 Å². The van der Waals surface area contributed by atoms with Crippen LogP contribution in [0, 0.1) is 0 Å². The van der Waals surface area contributed by atoms with Gasteiger partial charge in [-0.2, -0.15) is 0 Å². The van der Waals surface area contributed by atoms with E-state index in [4.69, 9.17) is 4.74 Å². The molecule has 0 spiro atoms. The fraction of sp³-hybridized carbons (Fsp3) is 0.500. The molecule has 0 radical (unpaired) electrons. The molecule has 82 valence electrons. The third kappa shape index (κ3) is 3.03. The van der Waals surface area contributed by atoms with E-state index in [1.54, 1.807) is 0 Å². The van der Waals surface area contributed by atoms with Crippen molar-refractivity contribution in [3.05, 3.63) is 20.8 Å². The molecule has 0 saturated carbocycles. The van der Waals surface area contributed by atoms with Crippen molar-refractivity contribution in [3.8, 4) is 0 Å². The lowest BCUT2D eigenvalue weighted by Gasteiger charge is -2.09. The molecule has 0 aromatic carbocycles. The van der Waals surface area contributed by atoms with Gasteiger partial charge in [0.1, 0.15) is 0 Å². The summed E-state index contributed by atoms with van der Waals surface area (Å²) in [5.41, 5.74) is 0. The molecule has 2 heterocycles. The Morgan fingerprint density at radius 1 is 1.73 bits per heavy atom. The van der Waals surface area contributed by atoms with Gasteiger partial charge in [0.2, 0.25) is 0 Å². The molecule has 1 amide bonds. The average molecular weight is 290 g/mol. The molecule has 15 heavy (non-hydrogen) atoms. The summed E-state index contributed by atoms with van der Waals surface area (Å²) in [6.07, 6.45) is 2.36. The highest BCUT2D eigenvalue weighted by Crippen LogP contribution is 2.19. The van der Waals surface area contributed by atoms with E-state index in [9.17, 15) is 4.79 Å². The van der Waals surface area contributed by atoms with Gasteiger partial charge in [0, 0.05) is 23.0 Å². The minimum absolute atomic E-state index is 0.0128. The summed E-state index contributed by atoms with van der Waals surface area (Å²) in [6, 6.07) is 1.83. The molecule has 1 aromatic rings. The Kier molecular flexibility index (Phi) is 3.77. The fourth-order valence-corrected chi connectivity index (χ4v) is 2.87. The largest absolute Gasteiger partial charge is 0.376 e. The smallest absolute Gasteiger partial charge is 0.261 e. The summed E-state index contributed by atoms with van der Waals surface area (Å²) in [5, 5.41) is 4.78. The summed E-state index contributed by atoms with van der Waals surface area (Å²) < 4.78 is 6.38. The van der Waals surface area contributed by atoms with Gasteiger partial charge in [-0.15, -0.1) is 11.3 Å². The Morgan fingerprint density at radius 2 is 2.60 bits per heavy atom. The maximum Gasteiger partial charge on any atom is 0.261 e. The van der Waals surface area contributed by atoms with Crippen LogP contribution in [-0.2, 0) is 4.74 Å². The normalized spacial score (nSPS) is 20.5. The maximum absolute atomic E-state index is 11.6. The SMILES string of the molecule is O=C(NCC1CCCO1)c1cc(Br)cs1. The van der Waals surface area contributed by atoms with Gasteiger partial charge in [0.05, 0.1) is 11.0 Å².